The van der Waals surface area contributed by atoms with Crippen molar-refractivity contribution in [3.63, 3.8) is 0 Å². The van der Waals surface area contributed by atoms with Crippen molar-refractivity contribution in [2.45, 2.75) is 39.4 Å². The van der Waals surface area contributed by atoms with E-state index < -0.39 is 17.7 Å². The minimum atomic E-state index is -0.896. The van der Waals surface area contributed by atoms with Crippen LogP contribution in [-0.2, 0) is 21.3 Å². The van der Waals surface area contributed by atoms with Crippen LogP contribution in [0.1, 0.15) is 38.1 Å². The molecule has 148 valence electrons. The predicted molar refractivity (Wildman–Crippen MR) is 111 cm³/mol. The van der Waals surface area contributed by atoms with Crippen molar-refractivity contribution in [3.8, 4) is 11.1 Å². The van der Waals surface area contributed by atoms with Gasteiger partial charge in [0.1, 0.15) is 5.65 Å². The van der Waals surface area contributed by atoms with E-state index in [9.17, 15) is 4.79 Å². The largest absolute Gasteiger partial charge is 0.467 e. The van der Waals surface area contributed by atoms with E-state index in [0.717, 1.165) is 27.9 Å². The number of hydrogen-bond acceptors (Lipinski definition) is 4. The van der Waals surface area contributed by atoms with Gasteiger partial charge in [-0.05, 0) is 51.5 Å². The van der Waals surface area contributed by atoms with Crippen molar-refractivity contribution >= 4 is 28.6 Å². The number of hydrogen-bond donors (Lipinski definition) is 0. The number of ether oxygens (including phenoxy) is 2. The number of carbonyl (C=O) groups excluding carboxylic acids is 1. The van der Waals surface area contributed by atoms with E-state index in [0.29, 0.717) is 10.6 Å². The van der Waals surface area contributed by atoms with E-state index in [2.05, 4.69) is 0 Å². The molecule has 2 aromatic heterocycles. The van der Waals surface area contributed by atoms with Crippen LogP contribution in [0.25, 0.3) is 22.2 Å². The fraction of sp³-hybridized carbons (Fsp3) is 0.364. The second-order valence-electron chi connectivity index (χ2n) is 7.79. The van der Waals surface area contributed by atoms with Gasteiger partial charge in [-0.2, -0.15) is 0 Å². The number of fused-ring (bicyclic) bond motifs is 1. The van der Waals surface area contributed by atoms with Crippen molar-refractivity contribution < 1.29 is 14.3 Å². The first-order valence-electron chi connectivity index (χ1n) is 9.09. The molecule has 2 heterocycles. The highest BCUT2D eigenvalue weighted by molar-refractivity contribution is 6.30. The summed E-state index contributed by atoms with van der Waals surface area (Å²) >= 11 is 6.10. The third-order valence-electron chi connectivity index (χ3n) is 4.52. The van der Waals surface area contributed by atoms with Gasteiger partial charge >= 0.3 is 5.97 Å². The predicted octanol–water partition coefficient (Wildman–Crippen LogP) is 5.23. The normalized spacial score (nSPS) is 13.0. The second kappa shape index (κ2) is 7.57. The van der Waals surface area contributed by atoms with Gasteiger partial charge in [-0.1, -0.05) is 23.7 Å². The second-order valence-corrected chi connectivity index (χ2v) is 8.23. The summed E-state index contributed by atoms with van der Waals surface area (Å²) in [5.41, 5.74) is 3.56. The Kier molecular flexibility index (Phi) is 5.50. The van der Waals surface area contributed by atoms with Gasteiger partial charge in [0, 0.05) is 40.5 Å². The maximum Gasteiger partial charge on any atom is 0.339 e. The highest BCUT2D eigenvalue weighted by Crippen LogP contribution is 2.40. The van der Waals surface area contributed by atoms with Crippen molar-refractivity contribution in [1.29, 1.82) is 0 Å². The Morgan fingerprint density at radius 2 is 1.82 bits per heavy atom. The number of carbonyl (C=O) groups is 1. The van der Waals surface area contributed by atoms with Crippen molar-refractivity contribution in [3.05, 3.63) is 52.8 Å². The van der Waals surface area contributed by atoms with Gasteiger partial charge in [0.25, 0.3) is 0 Å². The van der Waals surface area contributed by atoms with E-state index in [1.807, 2.05) is 75.8 Å². The number of benzene rings is 1. The van der Waals surface area contributed by atoms with Crippen LogP contribution in [0.3, 0.4) is 0 Å². The number of methoxy groups -OCH3 is 1. The Hall–Kier alpha value is -2.37. The number of pyridine rings is 1. The number of rotatable bonds is 4. The fourth-order valence-corrected chi connectivity index (χ4v) is 3.46. The lowest BCUT2D eigenvalue weighted by Crippen LogP contribution is -2.29. The topological polar surface area (TPSA) is 53.4 Å². The smallest absolute Gasteiger partial charge is 0.339 e. The Labute approximate surface area is 170 Å². The third kappa shape index (κ3) is 3.91. The Morgan fingerprint density at radius 1 is 1.18 bits per heavy atom. The van der Waals surface area contributed by atoms with Crippen molar-refractivity contribution in [2.75, 3.05) is 7.11 Å². The van der Waals surface area contributed by atoms with Crippen LogP contribution >= 0.6 is 11.6 Å². The SMILES string of the molecule is COC(=O)[C@@H](OC(C)(C)C)c1c(C)nc2c(ccn2C)c1-c1ccc(Cl)cc1. The molecule has 28 heavy (non-hydrogen) atoms. The molecule has 5 nitrogen and oxygen atoms in total. The average molecular weight is 401 g/mol. The molecule has 6 heteroatoms. The molecular weight excluding hydrogens is 376 g/mol. The summed E-state index contributed by atoms with van der Waals surface area (Å²) in [5, 5.41) is 1.59. The Morgan fingerprint density at radius 3 is 2.39 bits per heavy atom. The molecule has 3 aromatic rings. The Bertz CT molecular complexity index is 1020. The lowest BCUT2D eigenvalue weighted by atomic mass is 9.92. The van der Waals surface area contributed by atoms with E-state index in [1.54, 1.807) is 0 Å². The lowest BCUT2D eigenvalue weighted by Gasteiger charge is -2.28. The number of aromatic nitrogens is 2. The molecule has 0 bridgehead atoms. The first-order valence-corrected chi connectivity index (χ1v) is 9.47. The maximum atomic E-state index is 12.7. The quantitative estimate of drug-likeness (QED) is 0.562. The maximum absolute atomic E-state index is 12.7. The molecule has 0 saturated carbocycles. The molecule has 3 rings (SSSR count). The molecule has 0 spiro atoms. The zero-order chi connectivity index (χ0) is 20.6. The average Bonchev–Trinajstić information content (AvgIpc) is 2.99. The summed E-state index contributed by atoms with van der Waals surface area (Å²) < 4.78 is 13.2. The summed E-state index contributed by atoms with van der Waals surface area (Å²) in [5.74, 6) is -0.453. The minimum absolute atomic E-state index is 0.453. The molecule has 0 fully saturated rings. The van der Waals surface area contributed by atoms with Gasteiger partial charge in [-0.3, -0.25) is 0 Å². The standard InChI is InChI=1S/C22H25ClN2O3/c1-13-17(19(21(26)27-6)28-22(2,3)4)18(14-7-9-15(23)10-8-14)16-11-12-25(5)20(16)24-13/h7-12,19H,1-6H3/t19-/m0/s1. The van der Waals surface area contributed by atoms with E-state index in [4.69, 9.17) is 26.1 Å². The lowest BCUT2D eigenvalue weighted by molar-refractivity contribution is -0.164. The Balaban J connectivity index is 2.37. The number of nitrogens with zero attached hydrogens (tertiary/aromatic N) is 2. The zero-order valence-electron chi connectivity index (χ0n) is 17.0. The summed E-state index contributed by atoms with van der Waals surface area (Å²) in [6.07, 6.45) is 1.06. The van der Waals surface area contributed by atoms with Crippen LogP contribution in [0.4, 0.5) is 0 Å². The van der Waals surface area contributed by atoms with Crippen LogP contribution in [0.5, 0.6) is 0 Å². The first kappa shape index (κ1) is 20.4. The summed E-state index contributed by atoms with van der Waals surface area (Å²) in [4.78, 5) is 17.5. The molecule has 0 aliphatic rings. The number of aryl methyl sites for hydroxylation is 2. The molecule has 0 radical (unpaired) electrons. The van der Waals surface area contributed by atoms with Gasteiger partial charge in [0.2, 0.25) is 0 Å². The van der Waals surface area contributed by atoms with Crippen molar-refractivity contribution in [1.82, 2.24) is 9.55 Å². The van der Waals surface area contributed by atoms with E-state index in [-0.39, 0.29) is 0 Å². The molecule has 0 aliphatic heterocycles. The monoisotopic (exact) mass is 400 g/mol. The van der Waals surface area contributed by atoms with Crippen LogP contribution < -0.4 is 0 Å². The molecule has 0 unspecified atom stereocenters. The van der Waals surface area contributed by atoms with Gasteiger partial charge in [-0.15, -0.1) is 0 Å². The van der Waals surface area contributed by atoms with Crippen molar-refractivity contribution in [2.24, 2.45) is 7.05 Å². The van der Waals surface area contributed by atoms with Crippen LogP contribution in [0.15, 0.2) is 36.5 Å². The highest BCUT2D eigenvalue weighted by atomic mass is 35.5. The van der Waals surface area contributed by atoms with Crippen LogP contribution in [0.2, 0.25) is 5.02 Å². The molecule has 0 aliphatic carbocycles. The number of halogens is 1. The molecule has 0 saturated heterocycles. The van der Waals surface area contributed by atoms with Crippen LogP contribution in [-0.4, -0.2) is 28.2 Å². The van der Waals surface area contributed by atoms with E-state index in [1.165, 1.54) is 7.11 Å². The van der Waals surface area contributed by atoms with Gasteiger partial charge in [-0.25, -0.2) is 9.78 Å². The number of esters is 1. The molecule has 1 atom stereocenters. The summed E-state index contributed by atoms with van der Waals surface area (Å²) in [6.45, 7) is 7.63. The molecule has 0 N–H and O–H groups in total. The third-order valence-corrected chi connectivity index (χ3v) is 4.78. The minimum Gasteiger partial charge on any atom is -0.467 e. The summed E-state index contributed by atoms with van der Waals surface area (Å²) in [6, 6.07) is 9.56. The fourth-order valence-electron chi connectivity index (χ4n) is 3.33. The highest BCUT2D eigenvalue weighted by Gasteiger charge is 2.33. The van der Waals surface area contributed by atoms with Gasteiger partial charge in [0.05, 0.1) is 12.7 Å². The van der Waals surface area contributed by atoms with E-state index >= 15 is 0 Å². The van der Waals surface area contributed by atoms with Gasteiger partial charge < -0.3 is 14.0 Å². The van der Waals surface area contributed by atoms with Gasteiger partial charge in [0.15, 0.2) is 6.10 Å². The first-order chi connectivity index (χ1) is 13.1. The summed E-state index contributed by atoms with van der Waals surface area (Å²) in [7, 11) is 3.32. The molecular formula is C22H25ClN2O3. The molecule has 1 aromatic carbocycles. The zero-order valence-corrected chi connectivity index (χ0v) is 17.8. The van der Waals surface area contributed by atoms with Crippen LogP contribution in [0, 0.1) is 6.92 Å². The molecule has 0 amide bonds.